The largest absolute Gasteiger partial charge is 0.378 e. The van der Waals surface area contributed by atoms with E-state index in [1.807, 2.05) is 6.07 Å². The first-order valence-electron chi connectivity index (χ1n) is 9.11. The molecular weight excluding hydrogens is 433 g/mol. The maximum absolute atomic E-state index is 5.68. The van der Waals surface area contributed by atoms with E-state index in [-0.39, 0.29) is 24.0 Å². The first kappa shape index (κ1) is 20.4. The second-order valence-corrected chi connectivity index (χ2v) is 6.41. The standard InChI is InChI=1S/C17H29N5O2.HI/c1-2-18-17(19-7-5-16-4-3-12-23-16)22-10-8-21(9-11-22)14-15-6-13-24-20-15;/h6,13,16H,2-5,7-12,14H2,1H3,(H,18,19);1H. The van der Waals surface area contributed by atoms with Gasteiger partial charge in [-0.1, -0.05) is 5.16 Å². The highest BCUT2D eigenvalue weighted by Gasteiger charge is 2.20. The molecule has 1 N–H and O–H groups in total. The second-order valence-electron chi connectivity index (χ2n) is 6.41. The van der Waals surface area contributed by atoms with Gasteiger partial charge in [-0.25, -0.2) is 0 Å². The van der Waals surface area contributed by atoms with E-state index in [0.717, 1.165) is 70.5 Å². The molecule has 1 atom stereocenters. The number of aliphatic imine (C=N–C) groups is 1. The predicted octanol–water partition coefficient (Wildman–Crippen LogP) is 1.94. The molecule has 3 rings (SSSR count). The number of halogens is 1. The summed E-state index contributed by atoms with van der Waals surface area (Å²) in [4.78, 5) is 9.57. The topological polar surface area (TPSA) is 66.1 Å². The maximum atomic E-state index is 5.68. The molecule has 0 spiro atoms. The number of guanidine groups is 1. The highest BCUT2D eigenvalue weighted by Crippen LogP contribution is 2.15. The number of rotatable bonds is 6. The summed E-state index contributed by atoms with van der Waals surface area (Å²) in [5.41, 5.74) is 1.00. The summed E-state index contributed by atoms with van der Waals surface area (Å²) in [5, 5.41) is 7.42. The number of hydrogen-bond acceptors (Lipinski definition) is 5. The van der Waals surface area contributed by atoms with Crippen molar-refractivity contribution in [2.45, 2.75) is 38.8 Å². The van der Waals surface area contributed by atoms with Crippen molar-refractivity contribution in [1.82, 2.24) is 20.3 Å². The van der Waals surface area contributed by atoms with Crippen LogP contribution in [-0.4, -0.2) is 72.9 Å². The summed E-state index contributed by atoms with van der Waals surface area (Å²) in [6.07, 6.45) is 5.46. The molecule has 25 heavy (non-hydrogen) atoms. The first-order chi connectivity index (χ1) is 11.8. The fraction of sp³-hybridized carbons (Fsp3) is 0.765. The lowest BCUT2D eigenvalue weighted by atomic mass is 10.2. The quantitative estimate of drug-likeness (QED) is 0.395. The fourth-order valence-corrected chi connectivity index (χ4v) is 3.28. The Hall–Kier alpha value is -0.870. The Kier molecular flexibility index (Phi) is 8.97. The van der Waals surface area contributed by atoms with Gasteiger partial charge in [0.2, 0.25) is 0 Å². The van der Waals surface area contributed by atoms with Gasteiger partial charge >= 0.3 is 0 Å². The van der Waals surface area contributed by atoms with E-state index in [9.17, 15) is 0 Å². The molecule has 3 heterocycles. The van der Waals surface area contributed by atoms with E-state index in [0.29, 0.717) is 6.10 Å². The number of ether oxygens (including phenoxy) is 1. The average Bonchev–Trinajstić information content (AvgIpc) is 3.29. The molecule has 0 aromatic carbocycles. The van der Waals surface area contributed by atoms with Gasteiger partial charge in [-0.2, -0.15) is 0 Å². The summed E-state index contributed by atoms with van der Waals surface area (Å²) in [6.45, 7) is 9.65. The van der Waals surface area contributed by atoms with Crippen molar-refractivity contribution >= 4 is 29.9 Å². The number of nitrogens with one attached hydrogen (secondary N) is 1. The van der Waals surface area contributed by atoms with Crippen LogP contribution in [0.3, 0.4) is 0 Å². The van der Waals surface area contributed by atoms with Crippen LogP contribution in [0.4, 0.5) is 0 Å². The van der Waals surface area contributed by atoms with Crippen molar-refractivity contribution in [3.8, 4) is 0 Å². The van der Waals surface area contributed by atoms with Gasteiger partial charge in [0.1, 0.15) is 6.26 Å². The van der Waals surface area contributed by atoms with Gasteiger partial charge in [0.25, 0.3) is 0 Å². The molecule has 7 nitrogen and oxygen atoms in total. The molecule has 8 heteroatoms. The van der Waals surface area contributed by atoms with Gasteiger partial charge in [-0.3, -0.25) is 9.89 Å². The number of nitrogens with zero attached hydrogens (tertiary/aromatic N) is 4. The van der Waals surface area contributed by atoms with Crippen LogP contribution >= 0.6 is 24.0 Å². The maximum Gasteiger partial charge on any atom is 0.194 e. The predicted molar refractivity (Wildman–Crippen MR) is 108 cm³/mol. The van der Waals surface area contributed by atoms with Gasteiger partial charge in [-0.05, 0) is 26.2 Å². The van der Waals surface area contributed by atoms with E-state index >= 15 is 0 Å². The van der Waals surface area contributed by atoms with Crippen LogP contribution in [0.2, 0.25) is 0 Å². The smallest absolute Gasteiger partial charge is 0.194 e. The zero-order valence-corrected chi connectivity index (χ0v) is 17.4. The molecule has 0 bridgehead atoms. The Balaban J connectivity index is 0.00000225. The van der Waals surface area contributed by atoms with Crippen LogP contribution in [0.15, 0.2) is 21.8 Å². The summed E-state index contributed by atoms with van der Waals surface area (Å²) < 4.78 is 10.6. The van der Waals surface area contributed by atoms with Gasteiger partial charge in [0.05, 0.1) is 11.8 Å². The Labute approximate surface area is 167 Å². The molecule has 2 aliphatic rings. The summed E-state index contributed by atoms with van der Waals surface area (Å²) in [5.74, 6) is 1.04. The van der Waals surface area contributed by atoms with Crippen molar-refractivity contribution in [1.29, 1.82) is 0 Å². The van der Waals surface area contributed by atoms with Crippen LogP contribution < -0.4 is 5.32 Å². The lowest BCUT2D eigenvalue weighted by Gasteiger charge is -2.36. The van der Waals surface area contributed by atoms with Crippen molar-refractivity contribution in [3.05, 3.63) is 18.0 Å². The van der Waals surface area contributed by atoms with Gasteiger partial charge < -0.3 is 19.5 Å². The zero-order valence-electron chi connectivity index (χ0n) is 15.0. The highest BCUT2D eigenvalue weighted by atomic mass is 127. The Bertz CT molecular complexity index is 497. The van der Waals surface area contributed by atoms with Crippen molar-refractivity contribution in [2.24, 2.45) is 4.99 Å². The lowest BCUT2D eigenvalue weighted by molar-refractivity contribution is 0.106. The third kappa shape index (κ3) is 6.41. The Morgan fingerprint density at radius 3 is 2.84 bits per heavy atom. The minimum absolute atomic E-state index is 0. The SMILES string of the molecule is CCNC(=NCCC1CCCO1)N1CCN(Cc2ccon2)CC1.I. The van der Waals surface area contributed by atoms with Crippen LogP contribution in [0.1, 0.15) is 31.9 Å². The van der Waals surface area contributed by atoms with Crippen molar-refractivity contribution < 1.29 is 9.26 Å². The van der Waals surface area contributed by atoms with E-state index in [1.54, 1.807) is 6.26 Å². The van der Waals surface area contributed by atoms with Crippen LogP contribution in [0.25, 0.3) is 0 Å². The molecule has 0 amide bonds. The molecule has 1 aromatic rings. The van der Waals surface area contributed by atoms with Gasteiger partial charge in [0.15, 0.2) is 5.96 Å². The van der Waals surface area contributed by atoms with Crippen molar-refractivity contribution in [3.63, 3.8) is 0 Å². The summed E-state index contributed by atoms with van der Waals surface area (Å²) in [7, 11) is 0. The van der Waals surface area contributed by atoms with Gasteiger partial charge in [0, 0.05) is 58.5 Å². The number of hydrogen-bond donors (Lipinski definition) is 1. The monoisotopic (exact) mass is 463 g/mol. The molecule has 142 valence electrons. The molecule has 1 unspecified atom stereocenters. The van der Waals surface area contributed by atoms with Crippen LogP contribution in [-0.2, 0) is 11.3 Å². The highest BCUT2D eigenvalue weighted by molar-refractivity contribution is 14.0. The molecular formula is C17H30IN5O2. The Morgan fingerprint density at radius 2 is 2.20 bits per heavy atom. The normalized spacial score (nSPS) is 22.0. The minimum Gasteiger partial charge on any atom is -0.378 e. The number of piperazine rings is 1. The molecule has 0 saturated carbocycles. The van der Waals surface area contributed by atoms with E-state index < -0.39 is 0 Å². The van der Waals surface area contributed by atoms with Crippen LogP contribution in [0.5, 0.6) is 0 Å². The summed E-state index contributed by atoms with van der Waals surface area (Å²) >= 11 is 0. The fourth-order valence-electron chi connectivity index (χ4n) is 3.28. The molecule has 2 fully saturated rings. The Morgan fingerprint density at radius 1 is 1.36 bits per heavy atom. The molecule has 1 aromatic heterocycles. The molecule has 2 saturated heterocycles. The number of aromatic nitrogens is 1. The summed E-state index contributed by atoms with van der Waals surface area (Å²) in [6, 6.07) is 1.93. The molecule has 0 aliphatic carbocycles. The van der Waals surface area contributed by atoms with Crippen molar-refractivity contribution in [2.75, 3.05) is 45.9 Å². The average molecular weight is 463 g/mol. The van der Waals surface area contributed by atoms with E-state index in [4.69, 9.17) is 14.3 Å². The first-order valence-corrected chi connectivity index (χ1v) is 9.11. The minimum atomic E-state index is 0. The van der Waals surface area contributed by atoms with Crippen LogP contribution in [0, 0.1) is 0 Å². The lowest BCUT2D eigenvalue weighted by Crippen LogP contribution is -2.52. The molecule has 0 radical (unpaired) electrons. The van der Waals surface area contributed by atoms with E-state index in [2.05, 4.69) is 27.2 Å². The second kappa shape index (κ2) is 11.0. The molecule has 2 aliphatic heterocycles. The van der Waals surface area contributed by atoms with Gasteiger partial charge in [-0.15, -0.1) is 24.0 Å². The third-order valence-corrected chi connectivity index (χ3v) is 4.62. The van der Waals surface area contributed by atoms with E-state index in [1.165, 1.54) is 12.8 Å². The zero-order chi connectivity index (χ0) is 16.6. The third-order valence-electron chi connectivity index (χ3n) is 4.62.